The molecule has 2 unspecified atom stereocenters. The zero-order chi connectivity index (χ0) is 13.2. The van der Waals surface area contributed by atoms with Gasteiger partial charge < -0.3 is 5.32 Å². The first-order valence-corrected chi connectivity index (χ1v) is 7.46. The van der Waals surface area contributed by atoms with Crippen molar-refractivity contribution in [1.29, 1.82) is 0 Å². The minimum atomic E-state index is -3.78. The maximum absolute atomic E-state index is 13.5. The average molecular weight is 272 g/mol. The molecule has 2 rings (SSSR count). The van der Waals surface area contributed by atoms with E-state index in [0.29, 0.717) is 0 Å². The normalized spacial score (nSPS) is 22.0. The lowest BCUT2D eigenvalue weighted by atomic mass is 10.0. The van der Waals surface area contributed by atoms with Gasteiger partial charge in [0.25, 0.3) is 0 Å². The molecule has 1 aromatic carbocycles. The van der Waals surface area contributed by atoms with Crippen molar-refractivity contribution < 1.29 is 12.8 Å². The summed E-state index contributed by atoms with van der Waals surface area (Å²) in [5.41, 5.74) is 0. The Bertz CT molecular complexity index is 513. The van der Waals surface area contributed by atoms with E-state index in [2.05, 4.69) is 10.0 Å². The van der Waals surface area contributed by atoms with Gasteiger partial charge in [0.15, 0.2) is 0 Å². The fraction of sp³-hybridized carbons (Fsp3) is 0.500. The summed E-state index contributed by atoms with van der Waals surface area (Å²) >= 11 is 0. The van der Waals surface area contributed by atoms with Crippen molar-refractivity contribution in [2.75, 3.05) is 13.1 Å². The van der Waals surface area contributed by atoms with Crippen LogP contribution in [0.25, 0.3) is 0 Å². The van der Waals surface area contributed by atoms with Crippen LogP contribution in [0.3, 0.4) is 0 Å². The lowest BCUT2D eigenvalue weighted by Crippen LogP contribution is -2.39. The molecular formula is C12H17FN2O2S. The van der Waals surface area contributed by atoms with Gasteiger partial charge >= 0.3 is 0 Å². The van der Waals surface area contributed by atoms with Crippen molar-refractivity contribution >= 4 is 10.0 Å². The lowest BCUT2D eigenvalue weighted by molar-refractivity contribution is 0.443. The van der Waals surface area contributed by atoms with E-state index in [-0.39, 0.29) is 16.9 Å². The van der Waals surface area contributed by atoms with Crippen molar-refractivity contribution in [3.05, 3.63) is 30.1 Å². The highest BCUT2D eigenvalue weighted by Gasteiger charge is 2.27. The monoisotopic (exact) mass is 272 g/mol. The molecule has 0 bridgehead atoms. The molecule has 100 valence electrons. The Kier molecular flexibility index (Phi) is 3.99. The predicted octanol–water partition coefficient (Wildman–Crippen LogP) is 1.10. The second-order valence-electron chi connectivity index (χ2n) is 4.59. The summed E-state index contributed by atoms with van der Waals surface area (Å²) in [5.74, 6) is -0.465. The van der Waals surface area contributed by atoms with E-state index in [4.69, 9.17) is 0 Å². The molecule has 1 fully saturated rings. The van der Waals surface area contributed by atoms with Crippen LogP contribution in [0.4, 0.5) is 4.39 Å². The van der Waals surface area contributed by atoms with Gasteiger partial charge in [-0.2, -0.15) is 0 Å². The molecule has 1 heterocycles. The molecule has 6 heteroatoms. The largest absolute Gasteiger partial charge is 0.316 e. The number of nitrogens with one attached hydrogen (secondary N) is 2. The van der Waals surface area contributed by atoms with Crippen LogP contribution in [0, 0.1) is 11.7 Å². The molecule has 1 aliphatic heterocycles. The highest BCUT2D eigenvalue weighted by Crippen LogP contribution is 2.17. The van der Waals surface area contributed by atoms with Crippen LogP contribution >= 0.6 is 0 Å². The maximum atomic E-state index is 13.5. The Morgan fingerprint density at radius 2 is 2.17 bits per heavy atom. The molecule has 1 aliphatic rings. The smallest absolute Gasteiger partial charge is 0.243 e. The summed E-state index contributed by atoms with van der Waals surface area (Å²) in [5, 5.41) is 3.18. The third-order valence-electron chi connectivity index (χ3n) is 3.27. The van der Waals surface area contributed by atoms with Gasteiger partial charge in [0.05, 0.1) is 0 Å². The topological polar surface area (TPSA) is 58.2 Å². The molecule has 0 radical (unpaired) electrons. The number of sulfonamides is 1. The molecule has 18 heavy (non-hydrogen) atoms. The molecule has 1 aromatic rings. The Hall–Kier alpha value is -0.980. The van der Waals surface area contributed by atoms with E-state index in [9.17, 15) is 12.8 Å². The molecular weight excluding hydrogens is 255 g/mol. The lowest BCUT2D eigenvalue weighted by Gasteiger charge is -2.19. The van der Waals surface area contributed by atoms with Crippen molar-refractivity contribution in [1.82, 2.24) is 10.0 Å². The number of hydrogen-bond donors (Lipinski definition) is 2. The molecule has 2 N–H and O–H groups in total. The van der Waals surface area contributed by atoms with E-state index in [1.807, 2.05) is 6.92 Å². The fourth-order valence-electron chi connectivity index (χ4n) is 2.17. The van der Waals surface area contributed by atoms with Gasteiger partial charge in [-0.25, -0.2) is 17.5 Å². The first-order valence-electron chi connectivity index (χ1n) is 5.98. The fourth-order valence-corrected chi connectivity index (χ4v) is 3.56. The first kappa shape index (κ1) is 13.5. The molecule has 0 saturated carbocycles. The minimum Gasteiger partial charge on any atom is -0.316 e. The molecule has 4 nitrogen and oxygen atoms in total. The highest BCUT2D eigenvalue weighted by atomic mass is 32.2. The van der Waals surface area contributed by atoms with Crippen LogP contribution in [0.5, 0.6) is 0 Å². The molecule has 2 atom stereocenters. The van der Waals surface area contributed by atoms with Crippen molar-refractivity contribution in [2.45, 2.75) is 24.3 Å². The Morgan fingerprint density at radius 3 is 2.78 bits per heavy atom. The maximum Gasteiger partial charge on any atom is 0.243 e. The van der Waals surface area contributed by atoms with Crippen LogP contribution in [-0.4, -0.2) is 27.5 Å². The van der Waals surface area contributed by atoms with Gasteiger partial charge in [-0.15, -0.1) is 0 Å². The number of rotatable bonds is 4. The van der Waals surface area contributed by atoms with Crippen molar-refractivity contribution in [2.24, 2.45) is 5.92 Å². The Morgan fingerprint density at radius 1 is 1.44 bits per heavy atom. The average Bonchev–Trinajstić information content (AvgIpc) is 2.82. The SMILES string of the molecule is CC(NS(=O)(=O)c1ccccc1F)C1CCNC1. The van der Waals surface area contributed by atoms with Crippen LogP contribution in [0.1, 0.15) is 13.3 Å². The number of hydrogen-bond acceptors (Lipinski definition) is 3. The summed E-state index contributed by atoms with van der Waals surface area (Å²) in [4.78, 5) is -0.289. The summed E-state index contributed by atoms with van der Waals surface area (Å²) in [7, 11) is -3.78. The standard InChI is InChI=1S/C12H17FN2O2S/c1-9(10-6-7-14-8-10)15-18(16,17)12-5-3-2-4-11(12)13/h2-5,9-10,14-15H,6-8H2,1H3. The van der Waals surface area contributed by atoms with Crippen LogP contribution in [0.2, 0.25) is 0 Å². The highest BCUT2D eigenvalue weighted by molar-refractivity contribution is 7.89. The molecule has 1 saturated heterocycles. The van der Waals surface area contributed by atoms with Crippen LogP contribution in [-0.2, 0) is 10.0 Å². The zero-order valence-corrected chi connectivity index (χ0v) is 11.0. The first-order chi connectivity index (χ1) is 8.50. The summed E-state index contributed by atoms with van der Waals surface area (Å²) in [6, 6.07) is 5.20. The summed E-state index contributed by atoms with van der Waals surface area (Å²) in [6.07, 6.45) is 0.932. The predicted molar refractivity (Wildman–Crippen MR) is 67.2 cm³/mol. The molecule has 0 aliphatic carbocycles. The third kappa shape index (κ3) is 2.88. The summed E-state index contributed by atoms with van der Waals surface area (Å²) in [6.45, 7) is 3.51. The van der Waals surface area contributed by atoms with Gasteiger partial charge in [0.2, 0.25) is 10.0 Å². The second-order valence-corrected chi connectivity index (χ2v) is 6.28. The van der Waals surface area contributed by atoms with Crippen molar-refractivity contribution in [3.63, 3.8) is 0 Å². The van der Waals surface area contributed by atoms with E-state index >= 15 is 0 Å². The van der Waals surface area contributed by atoms with Gasteiger partial charge in [0, 0.05) is 6.04 Å². The minimum absolute atomic E-state index is 0.204. The van der Waals surface area contributed by atoms with E-state index in [0.717, 1.165) is 25.6 Å². The molecule has 0 spiro atoms. The van der Waals surface area contributed by atoms with Crippen LogP contribution in [0.15, 0.2) is 29.2 Å². The second kappa shape index (κ2) is 5.34. The van der Waals surface area contributed by atoms with Gasteiger partial charge in [0.1, 0.15) is 10.7 Å². The number of benzene rings is 1. The van der Waals surface area contributed by atoms with Crippen LogP contribution < -0.4 is 10.0 Å². The van der Waals surface area contributed by atoms with Gasteiger partial charge in [-0.05, 0) is 44.5 Å². The van der Waals surface area contributed by atoms with Gasteiger partial charge in [-0.1, -0.05) is 12.1 Å². The van der Waals surface area contributed by atoms with Gasteiger partial charge in [-0.3, -0.25) is 0 Å². The third-order valence-corrected chi connectivity index (χ3v) is 4.86. The Labute approximate surface area is 107 Å². The quantitative estimate of drug-likeness (QED) is 0.863. The van der Waals surface area contributed by atoms with E-state index in [1.54, 1.807) is 0 Å². The van der Waals surface area contributed by atoms with Crippen molar-refractivity contribution in [3.8, 4) is 0 Å². The number of halogens is 1. The van der Waals surface area contributed by atoms with E-state index < -0.39 is 15.8 Å². The molecule has 0 aromatic heterocycles. The summed E-state index contributed by atoms with van der Waals surface area (Å²) < 4.78 is 40.1. The zero-order valence-electron chi connectivity index (χ0n) is 10.2. The Balaban J connectivity index is 2.14. The molecule has 0 amide bonds. The van der Waals surface area contributed by atoms with E-state index in [1.165, 1.54) is 18.2 Å².